The Hall–Kier alpha value is -1.34. The van der Waals surface area contributed by atoms with Crippen LogP contribution in [0.4, 0.5) is 0 Å². The Morgan fingerprint density at radius 2 is 1.38 bits per heavy atom. The van der Waals surface area contributed by atoms with Crippen molar-refractivity contribution < 1.29 is 17.2 Å². The van der Waals surface area contributed by atoms with Crippen molar-refractivity contribution in [3.63, 3.8) is 0 Å². The van der Waals surface area contributed by atoms with Gasteiger partial charge in [-0.15, -0.1) is 0 Å². The van der Waals surface area contributed by atoms with Crippen LogP contribution in [0.1, 0.15) is 24.0 Å². The normalized spacial score (nSPS) is 14.9. The first-order chi connectivity index (χ1) is 11.5. The van der Waals surface area contributed by atoms with Crippen LogP contribution in [0.3, 0.4) is 0 Å². The zero-order chi connectivity index (χ0) is 17.3. The van der Waals surface area contributed by atoms with Crippen LogP contribution in [0.25, 0.3) is 0 Å². The lowest BCUT2D eigenvalue weighted by atomic mass is 10.2. The minimum Gasteiger partial charge on any atom is -0.726 e. The molecule has 24 heavy (non-hydrogen) atoms. The van der Waals surface area contributed by atoms with Gasteiger partial charge in [0.1, 0.15) is 17.3 Å². The van der Waals surface area contributed by atoms with E-state index >= 15 is 0 Å². The highest BCUT2D eigenvalue weighted by atomic mass is 32.3. The van der Waals surface area contributed by atoms with E-state index in [1.807, 2.05) is 0 Å². The third-order valence-corrected chi connectivity index (χ3v) is 6.42. The van der Waals surface area contributed by atoms with Gasteiger partial charge in [-0.2, -0.15) is 0 Å². The molecule has 0 spiro atoms. The van der Waals surface area contributed by atoms with E-state index < -0.39 is 10.4 Å². The van der Waals surface area contributed by atoms with Crippen molar-refractivity contribution in [3.8, 4) is 0 Å². The highest BCUT2D eigenvalue weighted by molar-refractivity contribution is 7.96. The Morgan fingerprint density at radius 3 is 1.88 bits per heavy atom. The van der Waals surface area contributed by atoms with Crippen LogP contribution in [0, 0.1) is 0 Å². The molecular formula is C18H22O4S2. The molecule has 4 nitrogen and oxygen atoms in total. The predicted molar refractivity (Wildman–Crippen MR) is 97.4 cm³/mol. The second-order valence-corrected chi connectivity index (χ2v) is 8.90. The van der Waals surface area contributed by atoms with E-state index in [4.69, 9.17) is 0 Å². The molecule has 0 radical (unpaired) electrons. The first-order valence-corrected chi connectivity index (χ1v) is 10.9. The second kappa shape index (κ2) is 9.84. The molecule has 1 heterocycles. The maximum atomic E-state index is 10.0. The van der Waals surface area contributed by atoms with E-state index in [-0.39, 0.29) is 6.61 Å². The quantitative estimate of drug-likeness (QED) is 0.463. The minimum absolute atomic E-state index is 0.202. The molecule has 0 N–H and O–H groups in total. The van der Waals surface area contributed by atoms with Gasteiger partial charge in [0.05, 0.1) is 6.61 Å². The maximum Gasteiger partial charge on any atom is 0.217 e. The lowest BCUT2D eigenvalue weighted by Gasteiger charge is -2.06. The molecule has 3 rings (SSSR count). The summed E-state index contributed by atoms with van der Waals surface area (Å²) in [4.78, 5) is 0. The minimum atomic E-state index is -4.57. The molecule has 130 valence electrons. The zero-order valence-corrected chi connectivity index (χ0v) is 15.1. The van der Waals surface area contributed by atoms with E-state index in [2.05, 4.69) is 34.5 Å². The third kappa shape index (κ3) is 7.97. The van der Waals surface area contributed by atoms with E-state index in [1.54, 1.807) is 30.3 Å². The van der Waals surface area contributed by atoms with Crippen LogP contribution in [0.2, 0.25) is 0 Å². The van der Waals surface area contributed by atoms with Gasteiger partial charge in [-0.05, 0) is 29.3 Å². The summed E-state index contributed by atoms with van der Waals surface area (Å²) in [6.45, 7) is -0.202. The van der Waals surface area contributed by atoms with Crippen LogP contribution in [-0.4, -0.2) is 24.5 Å². The molecular weight excluding hydrogens is 344 g/mol. The summed E-state index contributed by atoms with van der Waals surface area (Å²) < 4.78 is 34.1. The summed E-state index contributed by atoms with van der Waals surface area (Å²) >= 11 is 0. The van der Waals surface area contributed by atoms with E-state index in [9.17, 15) is 13.0 Å². The summed E-state index contributed by atoms with van der Waals surface area (Å²) in [7, 11) is -3.85. The second-order valence-electron chi connectivity index (χ2n) is 5.51. The number of benzene rings is 2. The molecule has 0 saturated carbocycles. The molecule has 0 unspecified atom stereocenters. The molecule has 1 aliphatic heterocycles. The molecule has 0 amide bonds. The van der Waals surface area contributed by atoms with E-state index in [1.165, 1.54) is 35.7 Å². The van der Waals surface area contributed by atoms with Gasteiger partial charge in [-0.1, -0.05) is 60.7 Å². The van der Waals surface area contributed by atoms with Crippen LogP contribution in [0.15, 0.2) is 60.7 Å². The fourth-order valence-corrected chi connectivity index (χ4v) is 5.04. The highest BCUT2D eigenvalue weighted by Crippen LogP contribution is 2.18. The van der Waals surface area contributed by atoms with Gasteiger partial charge in [0, 0.05) is 5.56 Å². The maximum absolute atomic E-state index is 10.0. The Bertz CT molecular complexity index is 681. The predicted octanol–water partition coefficient (Wildman–Crippen LogP) is 3.26. The van der Waals surface area contributed by atoms with Crippen molar-refractivity contribution in [2.45, 2.75) is 25.2 Å². The Kier molecular flexibility index (Phi) is 7.78. The molecule has 2 aromatic rings. The van der Waals surface area contributed by atoms with Gasteiger partial charge in [0.25, 0.3) is 0 Å². The van der Waals surface area contributed by atoms with E-state index in [0.29, 0.717) is 5.56 Å². The summed E-state index contributed by atoms with van der Waals surface area (Å²) in [5, 5.41) is 0. The molecule has 1 fully saturated rings. The number of hydrogen-bond acceptors (Lipinski definition) is 4. The van der Waals surface area contributed by atoms with Gasteiger partial charge in [0.2, 0.25) is 10.4 Å². The van der Waals surface area contributed by atoms with Crippen molar-refractivity contribution in [2.75, 3.05) is 11.5 Å². The SMILES string of the molecule is O=S(=O)([O-])OCc1ccccc1.c1ccc(C[S+]2CCCC2)cc1. The van der Waals surface area contributed by atoms with Crippen molar-refractivity contribution in [2.24, 2.45) is 0 Å². The molecule has 1 aliphatic rings. The van der Waals surface area contributed by atoms with Gasteiger partial charge in [-0.25, -0.2) is 8.42 Å². The van der Waals surface area contributed by atoms with Gasteiger partial charge in [-0.3, -0.25) is 4.18 Å². The highest BCUT2D eigenvalue weighted by Gasteiger charge is 2.23. The fourth-order valence-electron chi connectivity index (χ4n) is 2.38. The number of hydrogen-bond donors (Lipinski definition) is 0. The van der Waals surface area contributed by atoms with Crippen molar-refractivity contribution in [3.05, 3.63) is 71.8 Å². The number of rotatable bonds is 5. The fraction of sp³-hybridized carbons (Fsp3) is 0.333. The summed E-state index contributed by atoms with van der Waals surface area (Å²) in [5.41, 5.74) is 2.18. The van der Waals surface area contributed by atoms with Crippen LogP contribution in [0.5, 0.6) is 0 Å². The molecule has 1 saturated heterocycles. The summed E-state index contributed by atoms with van der Waals surface area (Å²) in [6, 6.07) is 19.5. The molecule has 0 bridgehead atoms. The van der Waals surface area contributed by atoms with Crippen molar-refractivity contribution in [1.82, 2.24) is 0 Å². The Labute approximate surface area is 147 Å². The first-order valence-electron chi connectivity index (χ1n) is 7.85. The lowest BCUT2D eigenvalue weighted by molar-refractivity contribution is 0.253. The summed E-state index contributed by atoms with van der Waals surface area (Å²) in [5.74, 6) is 4.30. The average molecular weight is 367 g/mol. The van der Waals surface area contributed by atoms with Crippen LogP contribution >= 0.6 is 0 Å². The molecule has 2 aromatic carbocycles. The largest absolute Gasteiger partial charge is 0.726 e. The van der Waals surface area contributed by atoms with Crippen LogP contribution in [-0.2, 0) is 37.8 Å². The average Bonchev–Trinajstić information content (AvgIpc) is 3.08. The molecule has 6 heteroatoms. The van der Waals surface area contributed by atoms with Gasteiger partial charge < -0.3 is 4.55 Å². The Balaban J connectivity index is 0.000000174. The van der Waals surface area contributed by atoms with Crippen molar-refractivity contribution >= 4 is 21.3 Å². The first kappa shape index (κ1) is 19.0. The smallest absolute Gasteiger partial charge is 0.217 e. The summed E-state index contributed by atoms with van der Waals surface area (Å²) in [6.07, 6.45) is 2.94. The molecule has 0 aliphatic carbocycles. The third-order valence-electron chi connectivity index (χ3n) is 3.54. The Morgan fingerprint density at radius 1 is 0.875 bits per heavy atom. The lowest BCUT2D eigenvalue weighted by Crippen LogP contribution is -2.06. The molecule has 0 aromatic heterocycles. The molecule has 0 atom stereocenters. The zero-order valence-electron chi connectivity index (χ0n) is 13.5. The topological polar surface area (TPSA) is 66.4 Å². The van der Waals surface area contributed by atoms with Gasteiger partial charge >= 0.3 is 0 Å². The standard InChI is InChI=1S/C11H15S.C7H8O4S/c1-2-6-11(7-3-1)10-12-8-4-5-9-12;8-12(9,10)11-6-7-4-2-1-3-5-7/h1-3,6-7H,4-5,8-10H2;1-5H,6H2,(H,8,9,10)/q+1;/p-1. The van der Waals surface area contributed by atoms with Crippen LogP contribution < -0.4 is 0 Å². The van der Waals surface area contributed by atoms with Gasteiger partial charge in [0.15, 0.2) is 0 Å². The van der Waals surface area contributed by atoms with E-state index in [0.717, 1.165) is 10.9 Å². The van der Waals surface area contributed by atoms with Crippen molar-refractivity contribution in [1.29, 1.82) is 0 Å². The monoisotopic (exact) mass is 366 g/mol.